The van der Waals surface area contributed by atoms with E-state index in [4.69, 9.17) is 13.9 Å². The van der Waals surface area contributed by atoms with Gasteiger partial charge in [-0.15, -0.1) is 0 Å². The van der Waals surface area contributed by atoms with Crippen LogP contribution in [0.3, 0.4) is 0 Å². The average molecular weight is 571 g/mol. The van der Waals surface area contributed by atoms with Crippen molar-refractivity contribution in [1.82, 2.24) is 9.55 Å². The minimum absolute atomic E-state index is 0.200. The molecule has 0 aliphatic carbocycles. The van der Waals surface area contributed by atoms with Gasteiger partial charge in [0.25, 0.3) is 13.9 Å². The molecular weight excluding hydrogens is 532 g/mol. The number of hydrogen-bond acceptors (Lipinski definition) is 5. The van der Waals surface area contributed by atoms with Crippen molar-refractivity contribution in [2.75, 3.05) is 6.61 Å². The fraction of sp³-hybridized carbons (Fsp3) is 0.333. The van der Waals surface area contributed by atoms with Crippen molar-refractivity contribution in [3.8, 4) is 5.75 Å². The number of ether oxygens (including phenoxy) is 2. The van der Waals surface area contributed by atoms with Crippen molar-refractivity contribution in [3.05, 3.63) is 123 Å². The highest BCUT2D eigenvalue weighted by Gasteiger charge is 2.51. The monoisotopic (exact) mass is 570 g/mol. The first-order chi connectivity index (χ1) is 19.6. The lowest BCUT2D eigenvalue weighted by atomic mass is 10.1. The third-order valence-corrected chi connectivity index (χ3v) is 12.8. The van der Waals surface area contributed by atoms with Crippen molar-refractivity contribution >= 4 is 18.7 Å². The summed E-state index contributed by atoms with van der Waals surface area (Å²) in [6.45, 7) is 10.7. The fourth-order valence-corrected chi connectivity index (χ4v) is 10.3. The zero-order chi connectivity index (χ0) is 29.2. The Morgan fingerprint density at radius 1 is 0.902 bits per heavy atom. The molecule has 1 aromatic heterocycles. The van der Waals surface area contributed by atoms with Crippen LogP contribution in [0.2, 0.25) is 5.04 Å². The summed E-state index contributed by atoms with van der Waals surface area (Å²) in [5.41, 5.74) is 0.674. The van der Waals surface area contributed by atoms with Gasteiger partial charge in [-0.25, -0.2) is 4.79 Å². The average Bonchev–Trinajstić information content (AvgIpc) is 3.35. The minimum atomic E-state index is -2.83. The first kappa shape index (κ1) is 28.8. The van der Waals surface area contributed by atoms with E-state index in [-0.39, 0.29) is 17.7 Å². The van der Waals surface area contributed by atoms with Crippen molar-refractivity contribution in [2.45, 2.75) is 64.5 Å². The number of benzene rings is 3. The lowest BCUT2D eigenvalue weighted by Crippen LogP contribution is -2.67. The standard InChI is InChI=1S/C33H38N2O5Si/c1-23-16-18-25(19-17-23)39-28-20-30(35-21-24(2)31(36)34-32(35)37)40-29(28)22-38-41(33(3,4)5,26-12-8-6-9-13-26)27-14-10-7-11-15-27/h6-19,21,28-30H,20,22H2,1-5H3,(H,34,36,37)/t28-,29+,30+/m0/s1. The van der Waals surface area contributed by atoms with Crippen LogP contribution in [-0.4, -0.2) is 36.7 Å². The number of rotatable bonds is 8. The maximum atomic E-state index is 12.8. The molecule has 0 bridgehead atoms. The molecule has 3 aromatic carbocycles. The van der Waals surface area contributed by atoms with E-state index < -0.39 is 31.9 Å². The SMILES string of the molecule is Cc1ccc(O[C@H]2C[C@H](n3cc(C)c(=O)[nH]c3=O)O[C@@H]2CO[Si](c2ccccc2)(c2ccccc2)C(C)(C)C)cc1. The van der Waals surface area contributed by atoms with Gasteiger partial charge >= 0.3 is 5.69 Å². The van der Waals surface area contributed by atoms with Crippen LogP contribution in [0, 0.1) is 13.8 Å². The molecule has 0 unspecified atom stereocenters. The van der Waals surface area contributed by atoms with E-state index in [1.807, 2.05) is 43.3 Å². The molecule has 1 fully saturated rings. The number of aromatic nitrogens is 2. The molecule has 0 amide bonds. The predicted octanol–water partition coefficient (Wildman–Crippen LogP) is 4.47. The Morgan fingerprint density at radius 2 is 1.49 bits per heavy atom. The highest BCUT2D eigenvalue weighted by Crippen LogP contribution is 2.38. The summed E-state index contributed by atoms with van der Waals surface area (Å²) in [6, 6.07) is 28.8. The molecule has 1 saturated heterocycles. The Hall–Kier alpha value is -3.72. The molecule has 8 heteroatoms. The molecule has 1 aliphatic rings. The Balaban J connectivity index is 1.52. The van der Waals surface area contributed by atoms with Gasteiger partial charge in [0.1, 0.15) is 24.2 Å². The second-order valence-corrected chi connectivity index (χ2v) is 16.1. The molecule has 0 saturated carbocycles. The largest absolute Gasteiger partial charge is 0.487 e. The molecule has 5 rings (SSSR count). The van der Waals surface area contributed by atoms with Gasteiger partial charge in [0.15, 0.2) is 0 Å². The maximum absolute atomic E-state index is 12.8. The third kappa shape index (κ3) is 5.86. The molecule has 2 heterocycles. The number of hydrogen-bond donors (Lipinski definition) is 1. The van der Waals surface area contributed by atoms with Crippen LogP contribution in [0.15, 0.2) is 101 Å². The van der Waals surface area contributed by atoms with Crippen molar-refractivity contribution in [2.24, 2.45) is 0 Å². The predicted molar refractivity (Wildman–Crippen MR) is 164 cm³/mol. The Kier molecular flexibility index (Phi) is 8.17. The Morgan fingerprint density at radius 3 is 2.05 bits per heavy atom. The van der Waals surface area contributed by atoms with Crippen molar-refractivity contribution in [3.63, 3.8) is 0 Å². The number of aryl methyl sites for hydroxylation is 2. The second kappa shape index (κ2) is 11.6. The molecule has 4 aromatic rings. The van der Waals surface area contributed by atoms with E-state index in [2.05, 4.69) is 74.3 Å². The van der Waals surface area contributed by atoms with E-state index >= 15 is 0 Å². The molecular formula is C33H38N2O5Si. The van der Waals surface area contributed by atoms with Crippen LogP contribution in [0.5, 0.6) is 5.75 Å². The van der Waals surface area contributed by atoms with Crippen LogP contribution in [-0.2, 0) is 9.16 Å². The van der Waals surface area contributed by atoms with Gasteiger partial charge in [0.05, 0.1) is 6.61 Å². The maximum Gasteiger partial charge on any atom is 0.330 e. The van der Waals surface area contributed by atoms with Gasteiger partial charge in [-0.05, 0) is 41.4 Å². The number of nitrogens with zero attached hydrogens (tertiary/aromatic N) is 1. The van der Waals surface area contributed by atoms with Crippen LogP contribution >= 0.6 is 0 Å². The summed E-state index contributed by atoms with van der Waals surface area (Å²) in [5, 5.41) is 2.15. The van der Waals surface area contributed by atoms with Gasteiger partial charge in [-0.3, -0.25) is 14.3 Å². The normalized spacial score (nSPS) is 19.3. The molecule has 41 heavy (non-hydrogen) atoms. The summed E-state index contributed by atoms with van der Waals surface area (Å²) in [6.07, 6.45) is 0.539. The van der Waals surface area contributed by atoms with Gasteiger partial charge in [0, 0.05) is 18.2 Å². The molecule has 3 atom stereocenters. The summed E-state index contributed by atoms with van der Waals surface area (Å²) in [4.78, 5) is 27.2. The van der Waals surface area contributed by atoms with Crippen molar-refractivity contribution < 1.29 is 13.9 Å². The zero-order valence-corrected chi connectivity index (χ0v) is 25.3. The van der Waals surface area contributed by atoms with Gasteiger partial charge in [-0.2, -0.15) is 0 Å². The molecule has 0 radical (unpaired) electrons. The lowest BCUT2D eigenvalue weighted by molar-refractivity contribution is -0.0389. The minimum Gasteiger partial charge on any atom is -0.487 e. The highest BCUT2D eigenvalue weighted by atomic mass is 28.4. The summed E-state index contributed by atoms with van der Waals surface area (Å²) >= 11 is 0. The quantitative estimate of drug-likeness (QED) is 0.316. The number of aromatic amines is 1. The highest BCUT2D eigenvalue weighted by molar-refractivity contribution is 6.99. The van der Waals surface area contributed by atoms with E-state index in [1.165, 1.54) is 14.9 Å². The first-order valence-electron chi connectivity index (χ1n) is 14.0. The third-order valence-electron chi connectivity index (χ3n) is 7.83. The number of nitrogens with one attached hydrogen (secondary N) is 1. The Labute approximate surface area is 241 Å². The van der Waals surface area contributed by atoms with E-state index in [9.17, 15) is 9.59 Å². The van der Waals surface area contributed by atoms with Crippen molar-refractivity contribution in [1.29, 1.82) is 0 Å². The smallest absolute Gasteiger partial charge is 0.330 e. The lowest BCUT2D eigenvalue weighted by Gasteiger charge is -2.43. The van der Waals surface area contributed by atoms with E-state index in [1.54, 1.807) is 13.1 Å². The Bertz CT molecular complexity index is 1540. The van der Waals surface area contributed by atoms with Gasteiger partial charge < -0.3 is 13.9 Å². The first-order valence-corrected chi connectivity index (χ1v) is 16.0. The van der Waals surface area contributed by atoms with E-state index in [0.717, 1.165) is 11.3 Å². The fourth-order valence-electron chi connectivity index (χ4n) is 5.71. The van der Waals surface area contributed by atoms with Gasteiger partial charge in [-0.1, -0.05) is 99.1 Å². The molecule has 214 valence electrons. The zero-order valence-electron chi connectivity index (χ0n) is 24.3. The van der Waals surface area contributed by atoms with Crippen LogP contribution in [0.1, 0.15) is 44.5 Å². The van der Waals surface area contributed by atoms with Crippen LogP contribution < -0.4 is 26.4 Å². The summed E-state index contributed by atoms with van der Waals surface area (Å²) in [7, 11) is -2.83. The number of H-pyrrole nitrogens is 1. The van der Waals surface area contributed by atoms with Gasteiger partial charge in [0.2, 0.25) is 0 Å². The molecule has 1 N–H and O–H groups in total. The second-order valence-electron chi connectivity index (χ2n) is 11.8. The molecule has 1 aliphatic heterocycles. The summed E-state index contributed by atoms with van der Waals surface area (Å²) in [5.74, 6) is 0.727. The molecule has 7 nitrogen and oxygen atoms in total. The summed E-state index contributed by atoms with van der Waals surface area (Å²) < 4.78 is 21.6. The van der Waals surface area contributed by atoms with Crippen LogP contribution in [0.25, 0.3) is 0 Å². The molecule has 0 spiro atoms. The topological polar surface area (TPSA) is 82.6 Å². The van der Waals surface area contributed by atoms with Crippen LogP contribution in [0.4, 0.5) is 0 Å². The van der Waals surface area contributed by atoms with E-state index in [0.29, 0.717) is 12.0 Å².